The van der Waals surface area contributed by atoms with Gasteiger partial charge >= 0.3 is 0 Å². The zero-order valence-electron chi connectivity index (χ0n) is 19.6. The molecule has 0 bridgehead atoms. The summed E-state index contributed by atoms with van der Waals surface area (Å²) in [6.07, 6.45) is 4.24. The molecule has 0 radical (unpaired) electrons. The Labute approximate surface area is 202 Å². The van der Waals surface area contributed by atoms with Crippen LogP contribution in [0.1, 0.15) is 35.2 Å². The smallest absolute Gasteiger partial charge is 0.140 e. The number of benzene rings is 2. The molecule has 0 spiro atoms. The minimum absolute atomic E-state index is 0.119. The summed E-state index contributed by atoms with van der Waals surface area (Å²) < 4.78 is 7.60. The zero-order chi connectivity index (χ0) is 24.5. The summed E-state index contributed by atoms with van der Waals surface area (Å²) in [4.78, 5) is 8.77. The Morgan fingerprint density at radius 1 is 1.03 bits per heavy atom. The van der Waals surface area contributed by atoms with Crippen LogP contribution < -0.4 is 4.74 Å². The molecule has 0 aliphatic heterocycles. The molecule has 7 heteroatoms. The molecule has 170 valence electrons. The van der Waals surface area contributed by atoms with E-state index in [9.17, 15) is 10.5 Å². The molecule has 0 N–H and O–H groups in total. The van der Waals surface area contributed by atoms with E-state index in [4.69, 9.17) is 14.8 Å². The average Bonchev–Trinajstić information content (AvgIpc) is 3.24. The van der Waals surface area contributed by atoms with Crippen LogP contribution in [-0.4, -0.2) is 26.9 Å². The van der Waals surface area contributed by atoms with E-state index in [0.29, 0.717) is 11.3 Å². The molecule has 1 unspecified atom stereocenters. The van der Waals surface area contributed by atoms with Crippen molar-refractivity contribution >= 4 is 21.8 Å². The fraction of sp³-hybridized carbons (Fsp3) is 0.179. The summed E-state index contributed by atoms with van der Waals surface area (Å²) in [5.74, 6) is 0.892. The van der Waals surface area contributed by atoms with Crippen molar-refractivity contribution in [3.05, 3.63) is 83.3 Å². The maximum Gasteiger partial charge on any atom is 0.140 e. The van der Waals surface area contributed by atoms with Crippen molar-refractivity contribution in [1.82, 2.24) is 19.7 Å². The second-order valence-corrected chi connectivity index (χ2v) is 8.56. The molecule has 3 aromatic heterocycles. The van der Waals surface area contributed by atoms with E-state index in [1.807, 2.05) is 48.3 Å². The molecular formula is C28H22N6O. The van der Waals surface area contributed by atoms with Crippen LogP contribution in [0.4, 0.5) is 0 Å². The fourth-order valence-electron chi connectivity index (χ4n) is 4.57. The highest BCUT2D eigenvalue weighted by molar-refractivity contribution is 6.11. The van der Waals surface area contributed by atoms with Gasteiger partial charge < -0.3 is 4.74 Å². The summed E-state index contributed by atoms with van der Waals surface area (Å²) >= 11 is 0. The van der Waals surface area contributed by atoms with Crippen LogP contribution in [0, 0.1) is 22.7 Å². The Morgan fingerprint density at radius 3 is 2.54 bits per heavy atom. The second-order valence-electron chi connectivity index (χ2n) is 8.56. The SMILES string of the molecule is COc1cc2ncc3c(c(-c4ccc(C#N)cc4)nn3C)c2cc1C(C)Cc1ccnc(C#N)c1. The molecule has 5 rings (SSSR count). The third-order valence-corrected chi connectivity index (χ3v) is 6.33. The molecule has 0 fully saturated rings. The number of ether oxygens (including phenoxy) is 1. The molecule has 5 aromatic rings. The van der Waals surface area contributed by atoms with E-state index in [0.717, 1.165) is 56.4 Å². The number of aryl methyl sites for hydroxylation is 1. The van der Waals surface area contributed by atoms with Gasteiger partial charge in [-0.25, -0.2) is 4.98 Å². The van der Waals surface area contributed by atoms with E-state index in [-0.39, 0.29) is 5.92 Å². The van der Waals surface area contributed by atoms with Gasteiger partial charge in [0.1, 0.15) is 23.2 Å². The first-order valence-electron chi connectivity index (χ1n) is 11.2. The molecular weight excluding hydrogens is 436 g/mol. The largest absolute Gasteiger partial charge is 0.496 e. The Bertz CT molecular complexity index is 1650. The van der Waals surface area contributed by atoms with Crippen molar-refractivity contribution in [1.29, 1.82) is 10.5 Å². The van der Waals surface area contributed by atoms with E-state index in [1.54, 1.807) is 25.4 Å². The van der Waals surface area contributed by atoms with Crippen molar-refractivity contribution in [3.63, 3.8) is 0 Å². The summed E-state index contributed by atoms with van der Waals surface area (Å²) in [5, 5.41) is 25.2. The highest BCUT2D eigenvalue weighted by Gasteiger charge is 2.19. The van der Waals surface area contributed by atoms with Gasteiger partial charge in [-0.3, -0.25) is 9.67 Å². The number of rotatable bonds is 5. The van der Waals surface area contributed by atoms with E-state index < -0.39 is 0 Å². The first-order chi connectivity index (χ1) is 17.0. The van der Waals surface area contributed by atoms with Crippen LogP contribution in [0.5, 0.6) is 5.75 Å². The Kier molecular flexibility index (Phi) is 5.60. The van der Waals surface area contributed by atoms with Gasteiger partial charge in [0.2, 0.25) is 0 Å². The lowest BCUT2D eigenvalue weighted by molar-refractivity contribution is 0.407. The number of hydrogen-bond donors (Lipinski definition) is 0. The van der Waals surface area contributed by atoms with Crippen molar-refractivity contribution in [2.24, 2.45) is 7.05 Å². The molecule has 2 aromatic carbocycles. The van der Waals surface area contributed by atoms with Crippen LogP contribution in [0.25, 0.3) is 33.1 Å². The molecule has 0 amide bonds. The summed E-state index contributed by atoms with van der Waals surface area (Å²) in [6.45, 7) is 2.15. The van der Waals surface area contributed by atoms with Gasteiger partial charge in [0, 0.05) is 35.6 Å². The highest BCUT2D eigenvalue weighted by atomic mass is 16.5. The lowest BCUT2D eigenvalue weighted by atomic mass is 9.91. The summed E-state index contributed by atoms with van der Waals surface area (Å²) in [7, 11) is 3.58. The predicted molar refractivity (Wildman–Crippen MR) is 134 cm³/mol. The topological polar surface area (TPSA) is 100 Å². The Balaban J connectivity index is 1.68. The minimum Gasteiger partial charge on any atom is -0.496 e. The van der Waals surface area contributed by atoms with E-state index >= 15 is 0 Å². The van der Waals surface area contributed by atoms with Crippen molar-refractivity contribution in [3.8, 4) is 29.1 Å². The molecule has 3 heterocycles. The summed E-state index contributed by atoms with van der Waals surface area (Å²) in [5.41, 5.74) is 6.65. The quantitative estimate of drug-likeness (QED) is 0.355. The van der Waals surface area contributed by atoms with Crippen molar-refractivity contribution < 1.29 is 4.74 Å². The number of aromatic nitrogens is 4. The molecule has 0 saturated carbocycles. The third kappa shape index (κ3) is 3.94. The number of methoxy groups -OCH3 is 1. The molecule has 0 aliphatic rings. The third-order valence-electron chi connectivity index (χ3n) is 6.33. The van der Waals surface area contributed by atoms with Gasteiger partial charge in [0.05, 0.1) is 36.0 Å². The normalized spacial score (nSPS) is 11.8. The Hall–Kier alpha value is -4.75. The maximum absolute atomic E-state index is 9.20. The first kappa shape index (κ1) is 22.1. The molecule has 7 nitrogen and oxygen atoms in total. The number of hydrogen-bond acceptors (Lipinski definition) is 6. The highest BCUT2D eigenvalue weighted by Crippen LogP contribution is 2.38. The monoisotopic (exact) mass is 458 g/mol. The maximum atomic E-state index is 9.20. The molecule has 0 saturated heterocycles. The molecule has 35 heavy (non-hydrogen) atoms. The van der Waals surface area contributed by atoms with Gasteiger partial charge in [-0.2, -0.15) is 15.6 Å². The predicted octanol–water partition coefficient (Wildman–Crippen LogP) is 5.28. The molecule has 1 atom stereocenters. The number of fused-ring (bicyclic) bond motifs is 3. The van der Waals surface area contributed by atoms with Gasteiger partial charge in [-0.15, -0.1) is 0 Å². The lowest BCUT2D eigenvalue weighted by Gasteiger charge is -2.17. The average molecular weight is 459 g/mol. The lowest BCUT2D eigenvalue weighted by Crippen LogP contribution is -2.03. The van der Waals surface area contributed by atoms with Crippen LogP contribution in [-0.2, 0) is 13.5 Å². The van der Waals surface area contributed by atoms with Crippen molar-refractivity contribution in [2.45, 2.75) is 19.3 Å². The van der Waals surface area contributed by atoms with Crippen LogP contribution >= 0.6 is 0 Å². The van der Waals surface area contributed by atoms with Crippen LogP contribution in [0.15, 0.2) is 60.9 Å². The molecule has 0 aliphatic carbocycles. The summed E-state index contributed by atoms with van der Waals surface area (Å²) in [6, 6.07) is 19.6. The standard InChI is InChI=1S/C28H22N6O/c1-17(10-19-8-9-31-21(11-19)15-30)22-12-23-24(13-26(22)35-3)32-16-25-27(23)28(33-34(25)2)20-6-4-18(14-29)5-7-20/h4-9,11-13,16-17H,10H2,1-3H3. The zero-order valence-corrected chi connectivity index (χ0v) is 19.6. The van der Waals surface area contributed by atoms with Gasteiger partial charge in [-0.1, -0.05) is 19.1 Å². The Morgan fingerprint density at radius 2 is 1.83 bits per heavy atom. The van der Waals surface area contributed by atoms with Crippen LogP contribution in [0.3, 0.4) is 0 Å². The first-order valence-corrected chi connectivity index (χ1v) is 11.2. The van der Waals surface area contributed by atoms with Gasteiger partial charge in [-0.05, 0) is 53.8 Å². The van der Waals surface area contributed by atoms with E-state index in [1.165, 1.54) is 0 Å². The number of nitrogens with zero attached hydrogens (tertiary/aromatic N) is 6. The van der Waals surface area contributed by atoms with Gasteiger partial charge in [0.15, 0.2) is 0 Å². The van der Waals surface area contributed by atoms with Gasteiger partial charge in [0.25, 0.3) is 0 Å². The van der Waals surface area contributed by atoms with Crippen LogP contribution in [0.2, 0.25) is 0 Å². The fourth-order valence-corrected chi connectivity index (χ4v) is 4.57. The minimum atomic E-state index is 0.119. The second kappa shape index (κ2) is 8.89. The number of pyridine rings is 2. The van der Waals surface area contributed by atoms with Crippen molar-refractivity contribution in [2.75, 3.05) is 7.11 Å². The van der Waals surface area contributed by atoms with E-state index in [2.05, 4.69) is 30.1 Å². The number of nitriles is 2.